The maximum Gasteiger partial charge on any atom is 0.296 e. The van der Waals surface area contributed by atoms with Gasteiger partial charge in [0.25, 0.3) is 5.91 Å². The molecule has 3 aromatic carbocycles. The number of thioether (sulfide) groups is 1. The molecular weight excluding hydrogens is 618 g/mol. The Hall–Kier alpha value is -5.01. The molecule has 3 heterocycles. The highest BCUT2D eigenvalue weighted by atomic mass is 32.2. The van der Waals surface area contributed by atoms with Crippen molar-refractivity contribution in [2.75, 3.05) is 33.3 Å². The molecule has 5 aromatic rings. The van der Waals surface area contributed by atoms with E-state index in [1.54, 1.807) is 36.4 Å². The number of Topliss-reactive ketones (excluding diaryl/α,β-unsaturated/α-hetero) is 1. The first-order chi connectivity index (χ1) is 21.9. The van der Waals surface area contributed by atoms with E-state index in [9.17, 15) is 14.7 Å². The molecule has 1 atom stereocenters. The summed E-state index contributed by atoms with van der Waals surface area (Å²) in [5.41, 5.74) is 1.65. The van der Waals surface area contributed by atoms with Gasteiger partial charge in [-0.05, 0) is 35.4 Å². The van der Waals surface area contributed by atoms with E-state index in [-0.39, 0.29) is 16.5 Å². The largest absolute Gasteiger partial charge is 0.503 e. The second-order valence-corrected chi connectivity index (χ2v) is 11.9. The van der Waals surface area contributed by atoms with Gasteiger partial charge in [-0.15, -0.1) is 10.2 Å². The van der Waals surface area contributed by atoms with Crippen LogP contribution < -0.4 is 23.8 Å². The molecule has 1 aliphatic rings. The van der Waals surface area contributed by atoms with E-state index >= 15 is 0 Å². The second kappa shape index (κ2) is 12.5. The van der Waals surface area contributed by atoms with Crippen molar-refractivity contribution in [2.45, 2.75) is 16.1 Å². The number of hydrogen-bond acceptors (Lipinski definition) is 12. The molecule has 1 aliphatic heterocycles. The fourth-order valence-corrected chi connectivity index (χ4v) is 6.95. The first kappa shape index (κ1) is 30.0. The zero-order chi connectivity index (χ0) is 31.7. The Labute approximate surface area is 266 Å². The number of nitrogens with zero attached hydrogens (tertiary/aromatic N) is 3. The molecule has 0 saturated heterocycles. The predicted molar refractivity (Wildman–Crippen MR) is 169 cm³/mol. The number of carbonyl (C=O) groups is 2. The lowest BCUT2D eigenvalue weighted by Crippen LogP contribution is -2.31. The van der Waals surface area contributed by atoms with Crippen molar-refractivity contribution in [2.24, 2.45) is 0 Å². The fourth-order valence-electron chi connectivity index (χ4n) is 5.13. The summed E-state index contributed by atoms with van der Waals surface area (Å²) in [7, 11) is 5.88. The Kier molecular flexibility index (Phi) is 8.37. The van der Waals surface area contributed by atoms with E-state index in [1.807, 2.05) is 30.3 Å². The van der Waals surface area contributed by atoms with Gasteiger partial charge in [-0.25, -0.2) is 0 Å². The average molecular weight is 646 g/mol. The number of methoxy groups -OCH3 is 4. The van der Waals surface area contributed by atoms with Gasteiger partial charge in [-0.3, -0.25) is 14.5 Å². The van der Waals surface area contributed by atoms with Gasteiger partial charge in [-0.1, -0.05) is 65.6 Å². The van der Waals surface area contributed by atoms with Crippen molar-refractivity contribution in [3.63, 3.8) is 0 Å². The van der Waals surface area contributed by atoms with Gasteiger partial charge in [0.15, 0.2) is 38.7 Å². The highest BCUT2D eigenvalue weighted by Crippen LogP contribution is 2.48. The molecule has 1 amide bonds. The monoisotopic (exact) mass is 645 g/mol. The summed E-state index contributed by atoms with van der Waals surface area (Å²) in [6.07, 6.45) is 0. The van der Waals surface area contributed by atoms with Gasteiger partial charge in [0.05, 0.1) is 40.1 Å². The Morgan fingerprint density at radius 3 is 2.31 bits per heavy atom. The van der Waals surface area contributed by atoms with E-state index in [1.165, 1.54) is 56.4 Å². The standard InChI is InChI=1S/C32H27N3O8S2/c1-39-20-12-8-11-18-13-21(43-28(18)20)26(36)24-25(19-14-22(40-2)29(42-4)23(15-19)41-3)35(30(38)27(24)37)31-33-34-32(45-31)44-16-17-9-6-5-7-10-17/h5-15,25,37H,16H2,1-4H3. The normalized spacial score (nSPS) is 14.7. The van der Waals surface area contributed by atoms with Crippen molar-refractivity contribution < 1.29 is 38.1 Å². The maximum absolute atomic E-state index is 14.2. The number of carbonyl (C=O) groups excluding carboxylic acids is 2. The summed E-state index contributed by atoms with van der Waals surface area (Å²) in [6, 6.07) is 18.7. The number of rotatable bonds is 11. The van der Waals surface area contributed by atoms with Crippen LogP contribution in [0.4, 0.5) is 5.13 Å². The molecule has 13 heteroatoms. The summed E-state index contributed by atoms with van der Waals surface area (Å²) in [5, 5.41) is 20.7. The van der Waals surface area contributed by atoms with Crippen molar-refractivity contribution >= 4 is 50.9 Å². The van der Waals surface area contributed by atoms with Crippen molar-refractivity contribution in [3.8, 4) is 23.0 Å². The van der Waals surface area contributed by atoms with Crippen LogP contribution in [0.1, 0.15) is 27.7 Å². The van der Waals surface area contributed by atoms with E-state index in [0.717, 1.165) is 5.56 Å². The minimum atomic E-state index is -1.14. The molecule has 0 bridgehead atoms. The molecule has 0 radical (unpaired) electrons. The number of benzene rings is 3. The van der Waals surface area contributed by atoms with E-state index in [2.05, 4.69) is 10.2 Å². The zero-order valence-electron chi connectivity index (χ0n) is 24.6. The van der Waals surface area contributed by atoms with Gasteiger partial charge >= 0.3 is 0 Å². The Bertz CT molecular complexity index is 1910. The highest BCUT2D eigenvalue weighted by Gasteiger charge is 2.47. The number of aromatic nitrogens is 2. The number of hydrogen-bond donors (Lipinski definition) is 1. The van der Waals surface area contributed by atoms with Gasteiger partial charge in [-0.2, -0.15) is 0 Å². The molecule has 1 N–H and O–H groups in total. The van der Waals surface area contributed by atoms with Crippen LogP contribution in [0.25, 0.3) is 11.0 Å². The molecule has 0 spiro atoms. The summed E-state index contributed by atoms with van der Waals surface area (Å²) in [6.45, 7) is 0. The molecule has 45 heavy (non-hydrogen) atoms. The fraction of sp³-hybridized carbons (Fsp3) is 0.188. The van der Waals surface area contributed by atoms with Crippen LogP contribution >= 0.6 is 23.1 Å². The number of aliphatic hydroxyl groups is 1. The van der Waals surface area contributed by atoms with Crippen molar-refractivity contribution in [3.05, 3.63) is 94.9 Å². The molecular formula is C32H27N3O8S2. The van der Waals surface area contributed by atoms with Crippen LogP contribution in [0.3, 0.4) is 0 Å². The van der Waals surface area contributed by atoms with Crippen LogP contribution in [0, 0.1) is 0 Å². The van der Waals surface area contributed by atoms with Crippen LogP contribution in [0.15, 0.2) is 86.8 Å². The first-order valence-corrected chi connectivity index (χ1v) is 15.4. The molecule has 0 fully saturated rings. The molecule has 0 aliphatic carbocycles. The summed E-state index contributed by atoms with van der Waals surface area (Å²) >= 11 is 2.63. The van der Waals surface area contributed by atoms with Crippen molar-refractivity contribution in [1.29, 1.82) is 0 Å². The molecule has 6 rings (SSSR count). The van der Waals surface area contributed by atoms with Gasteiger partial charge in [0.1, 0.15) is 0 Å². The number of anilines is 1. The molecule has 1 unspecified atom stereocenters. The quantitative estimate of drug-likeness (QED) is 0.0973. The smallest absolute Gasteiger partial charge is 0.296 e. The Morgan fingerprint density at radius 1 is 0.933 bits per heavy atom. The van der Waals surface area contributed by atoms with Crippen LogP contribution in [-0.4, -0.2) is 55.4 Å². The Balaban J connectivity index is 1.45. The maximum atomic E-state index is 14.2. The number of para-hydroxylation sites is 1. The number of ether oxygens (including phenoxy) is 4. The number of fused-ring (bicyclic) bond motifs is 1. The lowest BCUT2D eigenvalue weighted by atomic mass is 9.94. The van der Waals surface area contributed by atoms with E-state index in [4.69, 9.17) is 23.4 Å². The third-order valence-electron chi connectivity index (χ3n) is 7.21. The number of amides is 1. The van der Waals surface area contributed by atoms with Gasteiger partial charge in [0.2, 0.25) is 16.7 Å². The van der Waals surface area contributed by atoms with Crippen LogP contribution in [0.2, 0.25) is 0 Å². The number of aliphatic hydroxyl groups excluding tert-OH is 1. The second-order valence-electron chi connectivity index (χ2n) is 9.74. The third-order valence-corrected chi connectivity index (χ3v) is 9.34. The zero-order valence-corrected chi connectivity index (χ0v) is 26.2. The first-order valence-electron chi connectivity index (χ1n) is 13.6. The highest BCUT2D eigenvalue weighted by molar-refractivity contribution is 8.00. The minimum Gasteiger partial charge on any atom is -0.503 e. The number of furan rings is 1. The van der Waals surface area contributed by atoms with Gasteiger partial charge in [0, 0.05) is 11.1 Å². The van der Waals surface area contributed by atoms with Crippen LogP contribution in [-0.2, 0) is 10.5 Å². The SMILES string of the molecule is COc1cc(C2C(C(=O)c3cc4cccc(OC)c4o3)=C(O)C(=O)N2c2nnc(SCc3ccccc3)s2)cc(OC)c1OC. The topological polar surface area (TPSA) is 133 Å². The predicted octanol–water partition coefficient (Wildman–Crippen LogP) is 6.39. The summed E-state index contributed by atoms with van der Waals surface area (Å²) in [5.74, 6) is -0.346. The molecule has 0 saturated carbocycles. The van der Waals surface area contributed by atoms with Crippen molar-refractivity contribution in [1.82, 2.24) is 10.2 Å². The van der Waals surface area contributed by atoms with E-state index < -0.39 is 23.5 Å². The number of ketones is 1. The summed E-state index contributed by atoms with van der Waals surface area (Å²) in [4.78, 5) is 29.2. The molecule has 230 valence electrons. The van der Waals surface area contributed by atoms with E-state index in [0.29, 0.717) is 49.6 Å². The molecule has 2 aromatic heterocycles. The molecule has 11 nitrogen and oxygen atoms in total. The lowest BCUT2D eigenvalue weighted by molar-refractivity contribution is -0.117. The van der Waals surface area contributed by atoms with Gasteiger partial charge < -0.3 is 28.5 Å². The third kappa shape index (κ3) is 5.44. The van der Waals surface area contributed by atoms with Crippen LogP contribution in [0.5, 0.6) is 23.0 Å². The average Bonchev–Trinajstić information content (AvgIpc) is 3.79. The summed E-state index contributed by atoms with van der Waals surface area (Å²) < 4.78 is 28.5. The lowest BCUT2D eigenvalue weighted by Gasteiger charge is -2.25. The minimum absolute atomic E-state index is 0.0838. The Morgan fingerprint density at radius 2 is 1.64 bits per heavy atom.